The van der Waals surface area contributed by atoms with Gasteiger partial charge in [-0.1, -0.05) is 6.92 Å². The lowest BCUT2D eigenvalue weighted by atomic mass is 9.83. The topological polar surface area (TPSA) is 50.4 Å². The van der Waals surface area contributed by atoms with Gasteiger partial charge in [0.1, 0.15) is 0 Å². The van der Waals surface area contributed by atoms with E-state index in [4.69, 9.17) is 4.74 Å². The van der Waals surface area contributed by atoms with Crippen molar-refractivity contribution >= 4 is 5.91 Å². The van der Waals surface area contributed by atoms with Gasteiger partial charge in [0.05, 0.1) is 11.5 Å². The van der Waals surface area contributed by atoms with Gasteiger partial charge in [-0.15, -0.1) is 0 Å². The lowest BCUT2D eigenvalue weighted by molar-refractivity contribution is -0.130. The molecule has 3 unspecified atom stereocenters. The molecule has 2 aliphatic heterocycles. The Morgan fingerprint density at radius 1 is 1.59 bits per heavy atom. The first-order valence-electron chi connectivity index (χ1n) is 6.78. The molecule has 0 saturated carbocycles. The van der Waals surface area contributed by atoms with Gasteiger partial charge in [-0.25, -0.2) is 0 Å². The number of hydrogen-bond acceptors (Lipinski definition) is 3. The summed E-state index contributed by atoms with van der Waals surface area (Å²) in [5.74, 6) is 0.714. The second-order valence-electron chi connectivity index (χ2n) is 5.40. The minimum atomic E-state index is -0.164. The van der Waals surface area contributed by atoms with Crippen LogP contribution in [0.4, 0.5) is 0 Å². The lowest BCUT2D eigenvalue weighted by Gasteiger charge is -2.26. The van der Waals surface area contributed by atoms with Crippen LogP contribution in [0.5, 0.6) is 0 Å². The summed E-state index contributed by atoms with van der Waals surface area (Å²) in [5.41, 5.74) is -0.164. The molecule has 0 aromatic heterocycles. The molecular weight excluding hydrogens is 216 g/mol. The van der Waals surface area contributed by atoms with E-state index in [-0.39, 0.29) is 17.4 Å². The fourth-order valence-corrected chi connectivity index (χ4v) is 2.86. The maximum Gasteiger partial charge on any atom is 0.227 e. The van der Waals surface area contributed by atoms with Gasteiger partial charge in [-0.3, -0.25) is 4.79 Å². The molecule has 2 aliphatic rings. The Morgan fingerprint density at radius 2 is 2.41 bits per heavy atom. The Morgan fingerprint density at radius 3 is 2.94 bits per heavy atom. The molecule has 4 heteroatoms. The van der Waals surface area contributed by atoms with Crippen LogP contribution in [-0.2, 0) is 9.53 Å². The standard InChI is InChI=1S/C13H24N2O2/c1-3-13(5-6-14-9-13)12(16)15-8-11-4-7-17-10(11)2/h10-11,14H,3-9H2,1-2H3,(H,15,16). The highest BCUT2D eigenvalue weighted by molar-refractivity contribution is 5.83. The summed E-state index contributed by atoms with van der Waals surface area (Å²) in [7, 11) is 0. The minimum absolute atomic E-state index is 0.164. The average Bonchev–Trinajstić information content (AvgIpc) is 2.95. The van der Waals surface area contributed by atoms with Crippen LogP contribution in [0, 0.1) is 11.3 Å². The summed E-state index contributed by atoms with van der Waals surface area (Å²) in [6.45, 7) is 7.59. The Labute approximate surface area is 103 Å². The summed E-state index contributed by atoms with van der Waals surface area (Å²) in [4.78, 5) is 12.3. The van der Waals surface area contributed by atoms with E-state index in [1.807, 2.05) is 0 Å². The molecule has 2 heterocycles. The van der Waals surface area contributed by atoms with Crippen LogP contribution in [0.25, 0.3) is 0 Å². The van der Waals surface area contributed by atoms with Gasteiger partial charge >= 0.3 is 0 Å². The van der Waals surface area contributed by atoms with E-state index in [0.29, 0.717) is 5.92 Å². The van der Waals surface area contributed by atoms with E-state index >= 15 is 0 Å². The van der Waals surface area contributed by atoms with Crippen LogP contribution < -0.4 is 10.6 Å². The average molecular weight is 240 g/mol. The Bertz CT molecular complexity index is 275. The van der Waals surface area contributed by atoms with Crippen LogP contribution >= 0.6 is 0 Å². The van der Waals surface area contributed by atoms with Crippen LogP contribution in [0.2, 0.25) is 0 Å². The molecule has 1 amide bonds. The summed E-state index contributed by atoms with van der Waals surface area (Å²) >= 11 is 0. The third-order valence-electron chi connectivity index (χ3n) is 4.46. The maximum absolute atomic E-state index is 12.3. The molecule has 3 atom stereocenters. The monoisotopic (exact) mass is 240 g/mol. The molecule has 2 rings (SSSR count). The van der Waals surface area contributed by atoms with Gasteiger partial charge < -0.3 is 15.4 Å². The zero-order valence-corrected chi connectivity index (χ0v) is 10.9. The largest absolute Gasteiger partial charge is 0.378 e. The minimum Gasteiger partial charge on any atom is -0.378 e. The molecule has 2 saturated heterocycles. The Hall–Kier alpha value is -0.610. The molecule has 0 spiro atoms. The maximum atomic E-state index is 12.3. The molecule has 98 valence electrons. The number of carbonyl (C=O) groups is 1. The van der Waals surface area contributed by atoms with Crippen molar-refractivity contribution in [1.82, 2.24) is 10.6 Å². The number of nitrogens with one attached hydrogen (secondary N) is 2. The first-order valence-corrected chi connectivity index (χ1v) is 6.78. The van der Waals surface area contributed by atoms with Crippen molar-refractivity contribution in [2.75, 3.05) is 26.2 Å². The van der Waals surface area contributed by atoms with E-state index in [2.05, 4.69) is 24.5 Å². The van der Waals surface area contributed by atoms with Gasteiger partial charge in [0.2, 0.25) is 5.91 Å². The molecule has 4 nitrogen and oxygen atoms in total. The molecule has 0 aromatic rings. The van der Waals surface area contributed by atoms with Crippen LogP contribution in [0.1, 0.15) is 33.1 Å². The number of rotatable bonds is 4. The van der Waals surface area contributed by atoms with Gasteiger partial charge in [-0.05, 0) is 32.7 Å². The first kappa shape index (κ1) is 12.8. The van der Waals surface area contributed by atoms with Gasteiger partial charge in [0.15, 0.2) is 0 Å². The molecular formula is C13H24N2O2. The second kappa shape index (κ2) is 5.36. The molecule has 17 heavy (non-hydrogen) atoms. The molecule has 0 radical (unpaired) electrons. The smallest absolute Gasteiger partial charge is 0.227 e. The lowest BCUT2D eigenvalue weighted by Crippen LogP contribution is -2.44. The predicted octanol–water partition coefficient (Wildman–Crippen LogP) is 0.917. The third kappa shape index (κ3) is 2.63. The van der Waals surface area contributed by atoms with Crippen molar-refractivity contribution in [2.45, 2.75) is 39.2 Å². The molecule has 2 N–H and O–H groups in total. The van der Waals surface area contributed by atoms with Gasteiger partial charge in [0.25, 0.3) is 0 Å². The molecule has 0 aliphatic carbocycles. The van der Waals surface area contributed by atoms with E-state index in [1.54, 1.807) is 0 Å². The molecule has 2 fully saturated rings. The van der Waals surface area contributed by atoms with Crippen molar-refractivity contribution in [3.8, 4) is 0 Å². The summed E-state index contributed by atoms with van der Waals surface area (Å²) in [6, 6.07) is 0. The molecule has 0 aromatic carbocycles. The normalized spacial score (nSPS) is 37.3. The highest BCUT2D eigenvalue weighted by Gasteiger charge is 2.39. The van der Waals surface area contributed by atoms with E-state index in [1.165, 1.54) is 0 Å². The quantitative estimate of drug-likeness (QED) is 0.768. The number of carbonyl (C=O) groups excluding carboxylic acids is 1. The van der Waals surface area contributed by atoms with Crippen molar-refractivity contribution in [3.63, 3.8) is 0 Å². The van der Waals surface area contributed by atoms with Crippen molar-refractivity contribution in [2.24, 2.45) is 11.3 Å². The van der Waals surface area contributed by atoms with Crippen molar-refractivity contribution in [1.29, 1.82) is 0 Å². The fraction of sp³-hybridized carbons (Fsp3) is 0.923. The third-order valence-corrected chi connectivity index (χ3v) is 4.46. The highest BCUT2D eigenvalue weighted by Crippen LogP contribution is 2.29. The zero-order chi connectivity index (χ0) is 12.3. The van der Waals surface area contributed by atoms with Crippen LogP contribution in [0.15, 0.2) is 0 Å². The highest BCUT2D eigenvalue weighted by atomic mass is 16.5. The van der Waals surface area contributed by atoms with E-state index < -0.39 is 0 Å². The van der Waals surface area contributed by atoms with Gasteiger partial charge in [0, 0.05) is 25.6 Å². The summed E-state index contributed by atoms with van der Waals surface area (Å²) < 4.78 is 5.51. The van der Waals surface area contributed by atoms with Crippen molar-refractivity contribution in [3.05, 3.63) is 0 Å². The van der Waals surface area contributed by atoms with E-state index in [9.17, 15) is 4.79 Å². The molecule has 0 bridgehead atoms. The Balaban J connectivity index is 1.84. The summed E-state index contributed by atoms with van der Waals surface area (Å²) in [6.07, 6.45) is 3.24. The number of amides is 1. The second-order valence-corrected chi connectivity index (χ2v) is 5.40. The van der Waals surface area contributed by atoms with Crippen LogP contribution in [0.3, 0.4) is 0 Å². The first-order chi connectivity index (χ1) is 8.18. The Kier molecular flexibility index (Phi) is 4.05. The number of hydrogen-bond donors (Lipinski definition) is 2. The van der Waals surface area contributed by atoms with E-state index in [0.717, 1.165) is 45.5 Å². The SMILES string of the molecule is CCC1(C(=O)NCC2CCOC2C)CCNC1. The van der Waals surface area contributed by atoms with Gasteiger partial charge in [-0.2, -0.15) is 0 Å². The van der Waals surface area contributed by atoms with Crippen molar-refractivity contribution < 1.29 is 9.53 Å². The fourth-order valence-electron chi connectivity index (χ4n) is 2.86. The number of ether oxygens (including phenoxy) is 1. The van der Waals surface area contributed by atoms with Crippen LogP contribution in [-0.4, -0.2) is 38.3 Å². The predicted molar refractivity (Wildman–Crippen MR) is 66.7 cm³/mol. The summed E-state index contributed by atoms with van der Waals surface area (Å²) in [5, 5.41) is 6.43. The zero-order valence-electron chi connectivity index (χ0n) is 10.9.